The monoisotopic (exact) mass is 357 g/mol. The van der Waals surface area contributed by atoms with Crippen LogP contribution >= 0.6 is 0 Å². The third-order valence-electron chi connectivity index (χ3n) is 4.84. The first-order valence-electron chi connectivity index (χ1n) is 9.83. The van der Waals surface area contributed by atoms with Gasteiger partial charge in [0, 0.05) is 38.3 Å². The van der Waals surface area contributed by atoms with E-state index < -0.39 is 0 Å². The second-order valence-electron chi connectivity index (χ2n) is 7.22. The molecule has 0 bridgehead atoms. The van der Waals surface area contributed by atoms with Crippen molar-refractivity contribution in [3.8, 4) is 0 Å². The van der Waals surface area contributed by atoms with Gasteiger partial charge < -0.3 is 16.0 Å². The summed E-state index contributed by atoms with van der Waals surface area (Å²) in [6.07, 6.45) is 4.39. The van der Waals surface area contributed by atoms with Crippen LogP contribution in [0.5, 0.6) is 0 Å². The zero-order valence-corrected chi connectivity index (χ0v) is 15.7. The maximum atomic E-state index is 11.8. The molecule has 0 radical (unpaired) electrons. The van der Waals surface area contributed by atoms with Crippen molar-refractivity contribution < 1.29 is 4.79 Å². The molecule has 1 aliphatic carbocycles. The molecule has 0 spiro atoms. The summed E-state index contributed by atoms with van der Waals surface area (Å²) >= 11 is 0. The Hall–Kier alpha value is -2.08. The minimum Gasteiger partial charge on any atom is -0.357 e. The second-order valence-corrected chi connectivity index (χ2v) is 7.22. The fourth-order valence-corrected chi connectivity index (χ4v) is 3.24. The van der Waals surface area contributed by atoms with Gasteiger partial charge in [-0.1, -0.05) is 30.3 Å². The van der Waals surface area contributed by atoms with Crippen LogP contribution < -0.4 is 16.0 Å². The van der Waals surface area contributed by atoms with Gasteiger partial charge in [0.2, 0.25) is 5.91 Å². The number of guanidine groups is 1. The lowest BCUT2D eigenvalue weighted by Gasteiger charge is -2.33. The van der Waals surface area contributed by atoms with E-state index in [0.29, 0.717) is 12.1 Å². The van der Waals surface area contributed by atoms with E-state index in [-0.39, 0.29) is 12.5 Å². The lowest BCUT2D eigenvalue weighted by Crippen LogP contribution is -2.48. The second kappa shape index (κ2) is 9.57. The van der Waals surface area contributed by atoms with Crippen LogP contribution in [0, 0.1) is 0 Å². The Bertz CT molecular complexity index is 591. The molecule has 0 aromatic heterocycles. The van der Waals surface area contributed by atoms with Crippen LogP contribution in [0.4, 0.5) is 0 Å². The summed E-state index contributed by atoms with van der Waals surface area (Å²) in [6, 6.07) is 11.4. The molecule has 6 nitrogen and oxygen atoms in total. The van der Waals surface area contributed by atoms with E-state index in [2.05, 4.69) is 56.2 Å². The molecular formula is C20H31N5O. The fourth-order valence-electron chi connectivity index (χ4n) is 3.24. The number of hydrogen-bond acceptors (Lipinski definition) is 3. The van der Waals surface area contributed by atoms with Gasteiger partial charge in [0.25, 0.3) is 0 Å². The van der Waals surface area contributed by atoms with E-state index in [1.54, 1.807) is 0 Å². The molecule has 0 unspecified atom stereocenters. The van der Waals surface area contributed by atoms with E-state index >= 15 is 0 Å². The molecule has 1 aromatic carbocycles. The molecule has 0 atom stereocenters. The average molecular weight is 358 g/mol. The van der Waals surface area contributed by atoms with Gasteiger partial charge >= 0.3 is 0 Å². The van der Waals surface area contributed by atoms with Gasteiger partial charge in [0.1, 0.15) is 6.54 Å². The predicted molar refractivity (Wildman–Crippen MR) is 105 cm³/mol. The number of hydrogen-bond donors (Lipinski definition) is 3. The minimum atomic E-state index is 0.0161. The standard InChI is InChI=1S/C20H31N5O/c1-2-21-20(22-14-19(26)23-17-8-9-17)24-18-10-12-25(13-11-18)15-16-6-4-3-5-7-16/h3-7,17-18H,2,8-15H2,1H3,(H,23,26)(H2,21,22,24). The van der Waals surface area contributed by atoms with E-state index in [9.17, 15) is 4.79 Å². The lowest BCUT2D eigenvalue weighted by molar-refractivity contribution is -0.119. The van der Waals surface area contributed by atoms with Gasteiger partial charge in [-0.3, -0.25) is 9.69 Å². The lowest BCUT2D eigenvalue weighted by atomic mass is 10.0. The summed E-state index contributed by atoms with van der Waals surface area (Å²) in [6.45, 7) is 6.21. The number of nitrogens with one attached hydrogen (secondary N) is 3. The van der Waals surface area contributed by atoms with Crippen LogP contribution in [-0.4, -0.2) is 55.0 Å². The molecule has 1 saturated carbocycles. The number of benzene rings is 1. The summed E-state index contributed by atoms with van der Waals surface area (Å²) in [5.74, 6) is 0.766. The minimum absolute atomic E-state index is 0.0161. The van der Waals surface area contributed by atoms with Crippen LogP contribution in [-0.2, 0) is 11.3 Å². The van der Waals surface area contributed by atoms with Gasteiger partial charge in [-0.25, -0.2) is 4.99 Å². The molecule has 2 fully saturated rings. The van der Waals surface area contributed by atoms with Crippen LogP contribution in [0.2, 0.25) is 0 Å². The third-order valence-corrected chi connectivity index (χ3v) is 4.84. The Morgan fingerprint density at radius 3 is 2.42 bits per heavy atom. The summed E-state index contributed by atoms with van der Waals surface area (Å²) < 4.78 is 0. The molecule has 1 aromatic rings. The van der Waals surface area contributed by atoms with Crippen molar-refractivity contribution in [1.82, 2.24) is 20.9 Å². The Morgan fingerprint density at radius 2 is 1.77 bits per heavy atom. The van der Waals surface area contributed by atoms with Crippen LogP contribution in [0.15, 0.2) is 35.3 Å². The number of nitrogens with zero attached hydrogens (tertiary/aromatic N) is 2. The number of rotatable bonds is 7. The normalized spacial score (nSPS) is 19.2. The molecular weight excluding hydrogens is 326 g/mol. The first kappa shape index (κ1) is 18.7. The number of amides is 1. The highest BCUT2D eigenvalue weighted by Crippen LogP contribution is 2.18. The Morgan fingerprint density at radius 1 is 1.08 bits per heavy atom. The molecule has 3 N–H and O–H groups in total. The highest BCUT2D eigenvalue weighted by molar-refractivity contribution is 5.85. The molecule has 6 heteroatoms. The first-order chi connectivity index (χ1) is 12.7. The summed E-state index contributed by atoms with van der Waals surface area (Å²) in [5, 5.41) is 9.72. The van der Waals surface area contributed by atoms with Gasteiger partial charge in [0.05, 0.1) is 0 Å². The van der Waals surface area contributed by atoms with Crippen molar-refractivity contribution in [2.75, 3.05) is 26.2 Å². The largest absolute Gasteiger partial charge is 0.357 e. The molecule has 3 rings (SSSR count). The number of aliphatic imine (C=N–C) groups is 1. The molecule has 1 saturated heterocycles. The summed E-state index contributed by atoms with van der Waals surface area (Å²) in [7, 11) is 0. The highest BCUT2D eigenvalue weighted by atomic mass is 16.2. The third kappa shape index (κ3) is 6.33. The van der Waals surface area contributed by atoms with E-state index in [1.807, 2.05) is 6.92 Å². The van der Waals surface area contributed by atoms with Crippen LogP contribution in [0.1, 0.15) is 38.2 Å². The topological polar surface area (TPSA) is 68.8 Å². The molecule has 1 heterocycles. The molecule has 142 valence electrons. The molecule has 1 aliphatic heterocycles. The van der Waals surface area contributed by atoms with Crippen LogP contribution in [0.3, 0.4) is 0 Å². The van der Waals surface area contributed by atoms with E-state index in [0.717, 1.165) is 57.8 Å². The maximum Gasteiger partial charge on any atom is 0.242 e. The molecule has 2 aliphatic rings. The highest BCUT2D eigenvalue weighted by Gasteiger charge is 2.23. The van der Waals surface area contributed by atoms with Crippen molar-refractivity contribution in [3.63, 3.8) is 0 Å². The zero-order chi connectivity index (χ0) is 18.2. The number of carbonyl (C=O) groups excluding carboxylic acids is 1. The van der Waals surface area contributed by atoms with Crippen molar-refractivity contribution in [2.24, 2.45) is 4.99 Å². The Balaban J connectivity index is 1.42. The average Bonchev–Trinajstić information content (AvgIpc) is 3.46. The first-order valence-corrected chi connectivity index (χ1v) is 9.83. The summed E-state index contributed by atoms with van der Waals surface area (Å²) in [4.78, 5) is 18.8. The maximum absolute atomic E-state index is 11.8. The van der Waals surface area contributed by atoms with Crippen molar-refractivity contribution >= 4 is 11.9 Å². The predicted octanol–water partition coefficient (Wildman–Crippen LogP) is 1.48. The van der Waals surface area contributed by atoms with Crippen molar-refractivity contribution in [3.05, 3.63) is 35.9 Å². The van der Waals surface area contributed by atoms with Gasteiger partial charge in [-0.05, 0) is 38.2 Å². The number of carbonyl (C=O) groups is 1. The fraction of sp³-hybridized carbons (Fsp3) is 0.600. The van der Waals surface area contributed by atoms with E-state index in [1.165, 1.54) is 5.56 Å². The van der Waals surface area contributed by atoms with E-state index in [4.69, 9.17) is 0 Å². The Kier molecular flexibility index (Phi) is 6.89. The quantitative estimate of drug-likeness (QED) is 0.511. The Labute approximate surface area is 156 Å². The molecule has 1 amide bonds. The SMILES string of the molecule is CCNC(=NCC(=O)NC1CC1)NC1CCN(Cc2ccccc2)CC1. The van der Waals surface area contributed by atoms with Gasteiger partial charge in [-0.15, -0.1) is 0 Å². The van der Waals surface area contributed by atoms with Crippen LogP contribution in [0.25, 0.3) is 0 Å². The van der Waals surface area contributed by atoms with Crippen molar-refractivity contribution in [2.45, 2.75) is 51.2 Å². The zero-order valence-electron chi connectivity index (χ0n) is 15.7. The van der Waals surface area contributed by atoms with Gasteiger partial charge in [-0.2, -0.15) is 0 Å². The molecule has 26 heavy (non-hydrogen) atoms. The van der Waals surface area contributed by atoms with Gasteiger partial charge in [0.15, 0.2) is 5.96 Å². The number of likely N-dealkylation sites (tertiary alicyclic amines) is 1. The van der Waals surface area contributed by atoms with Crippen molar-refractivity contribution in [1.29, 1.82) is 0 Å². The number of piperidine rings is 1. The summed E-state index contributed by atoms with van der Waals surface area (Å²) in [5.41, 5.74) is 1.37. The smallest absolute Gasteiger partial charge is 0.242 e.